The third kappa shape index (κ3) is 3.81. The van der Waals surface area contributed by atoms with Crippen LogP contribution in [0.3, 0.4) is 0 Å². The van der Waals surface area contributed by atoms with Gasteiger partial charge in [0.25, 0.3) is 0 Å². The van der Waals surface area contributed by atoms with E-state index in [4.69, 9.17) is 0 Å². The van der Waals surface area contributed by atoms with E-state index in [1.165, 1.54) is 17.8 Å². The maximum Gasteiger partial charge on any atom is 0.242 e. The van der Waals surface area contributed by atoms with E-state index in [2.05, 4.69) is 20.0 Å². The van der Waals surface area contributed by atoms with Crippen LogP contribution in [-0.4, -0.2) is 56.7 Å². The summed E-state index contributed by atoms with van der Waals surface area (Å²) in [5.74, 6) is 1.82. The number of anilines is 1. The number of thiazole rings is 1. The molecule has 0 spiro atoms. The average molecular weight is 348 g/mol. The zero-order valence-corrected chi connectivity index (χ0v) is 15.3. The number of hydrogen-bond donors (Lipinski definition) is 0. The highest BCUT2D eigenvalue weighted by atomic mass is 32.1. The molecule has 0 aromatic carbocycles. The zero-order valence-electron chi connectivity index (χ0n) is 14.5. The first-order chi connectivity index (χ1) is 11.5. The van der Waals surface area contributed by atoms with Crippen molar-refractivity contribution >= 4 is 22.4 Å². The van der Waals surface area contributed by atoms with Crippen molar-refractivity contribution in [3.05, 3.63) is 23.2 Å². The third-order valence-electron chi connectivity index (χ3n) is 4.51. The first-order valence-corrected chi connectivity index (χ1v) is 9.20. The maximum absolute atomic E-state index is 12.6. The van der Waals surface area contributed by atoms with Gasteiger partial charge in [-0.3, -0.25) is 14.6 Å². The van der Waals surface area contributed by atoms with Gasteiger partial charge in [0, 0.05) is 24.7 Å². The van der Waals surface area contributed by atoms with Crippen LogP contribution in [0.15, 0.2) is 11.6 Å². The molecular weight excluding hydrogens is 324 g/mol. The average Bonchev–Trinajstić information content (AvgIpc) is 3.19. The summed E-state index contributed by atoms with van der Waals surface area (Å²) in [6.45, 7) is 6.06. The molecule has 0 unspecified atom stereocenters. The molecule has 0 radical (unpaired) electrons. The van der Waals surface area contributed by atoms with E-state index >= 15 is 0 Å². The Morgan fingerprint density at radius 1 is 1.42 bits per heavy atom. The largest absolute Gasteiger partial charge is 0.290 e. The molecule has 2 aromatic heterocycles. The molecule has 8 heteroatoms. The van der Waals surface area contributed by atoms with E-state index in [0.717, 1.165) is 42.7 Å². The summed E-state index contributed by atoms with van der Waals surface area (Å²) in [5.41, 5.74) is 0. The van der Waals surface area contributed by atoms with Crippen LogP contribution in [0.1, 0.15) is 30.9 Å². The van der Waals surface area contributed by atoms with Crippen LogP contribution in [0.5, 0.6) is 0 Å². The Bertz CT molecular complexity index is 683. The SMILES string of the molecule is Cc1nc(C)n(C[C@H]2CCCCN2CC(=O)N(C)c2nccs2)n1. The number of hydrogen-bond acceptors (Lipinski definition) is 6. The molecule has 2 aromatic rings. The van der Waals surface area contributed by atoms with Gasteiger partial charge in [-0.2, -0.15) is 5.10 Å². The van der Waals surface area contributed by atoms with Crippen molar-refractivity contribution in [1.82, 2.24) is 24.6 Å². The molecular formula is C16H24N6OS. The number of aryl methyl sites for hydroxylation is 2. The number of nitrogens with zero attached hydrogens (tertiary/aromatic N) is 6. The Morgan fingerprint density at radius 3 is 2.92 bits per heavy atom. The van der Waals surface area contributed by atoms with Crippen LogP contribution in [0.2, 0.25) is 0 Å². The van der Waals surface area contributed by atoms with Crippen molar-refractivity contribution in [2.24, 2.45) is 0 Å². The lowest BCUT2D eigenvalue weighted by molar-refractivity contribution is -0.120. The summed E-state index contributed by atoms with van der Waals surface area (Å²) in [4.78, 5) is 25.1. The second-order valence-electron chi connectivity index (χ2n) is 6.28. The molecule has 0 bridgehead atoms. The fourth-order valence-corrected chi connectivity index (χ4v) is 3.80. The van der Waals surface area contributed by atoms with Crippen LogP contribution >= 0.6 is 11.3 Å². The number of rotatable bonds is 5. The summed E-state index contributed by atoms with van der Waals surface area (Å²) in [6.07, 6.45) is 5.15. The molecule has 3 heterocycles. The molecule has 1 fully saturated rings. The normalized spacial score (nSPS) is 18.7. The number of carbonyl (C=O) groups is 1. The molecule has 1 amide bonds. The van der Waals surface area contributed by atoms with E-state index in [0.29, 0.717) is 12.6 Å². The highest BCUT2D eigenvalue weighted by molar-refractivity contribution is 7.13. The van der Waals surface area contributed by atoms with Crippen LogP contribution < -0.4 is 4.90 Å². The predicted octanol–water partition coefficient (Wildman–Crippen LogP) is 1.87. The topological polar surface area (TPSA) is 67.2 Å². The van der Waals surface area contributed by atoms with Gasteiger partial charge >= 0.3 is 0 Å². The van der Waals surface area contributed by atoms with Gasteiger partial charge in [0.05, 0.1) is 13.1 Å². The highest BCUT2D eigenvalue weighted by Crippen LogP contribution is 2.20. The minimum Gasteiger partial charge on any atom is -0.290 e. The van der Waals surface area contributed by atoms with Gasteiger partial charge in [0.15, 0.2) is 5.13 Å². The number of aromatic nitrogens is 4. The second kappa shape index (κ2) is 7.40. The summed E-state index contributed by atoms with van der Waals surface area (Å²) in [7, 11) is 1.80. The minimum absolute atomic E-state index is 0.0864. The molecule has 3 rings (SSSR count). The Hall–Kier alpha value is -1.80. The quantitative estimate of drug-likeness (QED) is 0.825. The van der Waals surface area contributed by atoms with Crippen molar-refractivity contribution in [2.75, 3.05) is 25.0 Å². The zero-order chi connectivity index (χ0) is 17.1. The number of likely N-dealkylation sites (N-methyl/N-ethyl adjacent to an activating group) is 1. The molecule has 1 aliphatic heterocycles. The van der Waals surface area contributed by atoms with E-state index in [9.17, 15) is 4.79 Å². The predicted molar refractivity (Wildman–Crippen MR) is 94.2 cm³/mol. The van der Waals surface area contributed by atoms with Crippen molar-refractivity contribution in [2.45, 2.75) is 45.7 Å². The Morgan fingerprint density at radius 2 is 2.25 bits per heavy atom. The van der Waals surface area contributed by atoms with Crippen molar-refractivity contribution in [1.29, 1.82) is 0 Å². The number of likely N-dealkylation sites (tertiary alicyclic amines) is 1. The molecule has 130 valence electrons. The van der Waals surface area contributed by atoms with Gasteiger partial charge in [0.1, 0.15) is 11.6 Å². The summed E-state index contributed by atoms with van der Waals surface area (Å²) >= 11 is 1.48. The van der Waals surface area contributed by atoms with E-state index in [1.54, 1.807) is 18.1 Å². The smallest absolute Gasteiger partial charge is 0.242 e. The fraction of sp³-hybridized carbons (Fsp3) is 0.625. The lowest BCUT2D eigenvalue weighted by Crippen LogP contribution is -2.47. The lowest BCUT2D eigenvalue weighted by atomic mass is 10.0. The van der Waals surface area contributed by atoms with Gasteiger partial charge in [0.2, 0.25) is 5.91 Å². The molecule has 24 heavy (non-hydrogen) atoms. The number of piperidine rings is 1. The molecule has 1 aliphatic rings. The van der Waals surface area contributed by atoms with E-state index in [-0.39, 0.29) is 5.91 Å². The van der Waals surface area contributed by atoms with Crippen LogP contribution in [0.25, 0.3) is 0 Å². The van der Waals surface area contributed by atoms with Crippen LogP contribution in [-0.2, 0) is 11.3 Å². The third-order valence-corrected chi connectivity index (χ3v) is 5.36. The van der Waals surface area contributed by atoms with Gasteiger partial charge in [-0.25, -0.2) is 14.6 Å². The number of amides is 1. The molecule has 0 N–H and O–H groups in total. The summed E-state index contributed by atoms with van der Waals surface area (Å²) in [6, 6.07) is 0.326. The van der Waals surface area contributed by atoms with Gasteiger partial charge in [-0.1, -0.05) is 6.42 Å². The first-order valence-electron chi connectivity index (χ1n) is 8.32. The fourth-order valence-electron chi connectivity index (χ4n) is 3.18. The standard InChI is InChI=1S/C16H24N6OS/c1-12-18-13(2)22(19-12)10-14-6-4-5-8-21(14)11-15(23)20(3)16-17-7-9-24-16/h7,9,14H,4-6,8,10-11H2,1-3H3/t14-/m1/s1. The van der Waals surface area contributed by atoms with Crippen LogP contribution in [0, 0.1) is 13.8 Å². The second-order valence-corrected chi connectivity index (χ2v) is 7.15. The molecule has 0 aliphatic carbocycles. The van der Waals surface area contributed by atoms with Crippen LogP contribution in [0.4, 0.5) is 5.13 Å². The van der Waals surface area contributed by atoms with Crippen molar-refractivity contribution in [3.8, 4) is 0 Å². The Kier molecular flexibility index (Phi) is 5.25. The molecule has 0 saturated carbocycles. The Labute approximate surface area is 146 Å². The van der Waals surface area contributed by atoms with Gasteiger partial charge < -0.3 is 0 Å². The monoisotopic (exact) mass is 348 g/mol. The number of carbonyl (C=O) groups excluding carboxylic acids is 1. The van der Waals surface area contributed by atoms with Gasteiger partial charge in [-0.15, -0.1) is 11.3 Å². The molecule has 1 saturated heterocycles. The molecule has 1 atom stereocenters. The maximum atomic E-state index is 12.6. The summed E-state index contributed by atoms with van der Waals surface area (Å²) in [5, 5.41) is 7.10. The van der Waals surface area contributed by atoms with Crippen molar-refractivity contribution in [3.63, 3.8) is 0 Å². The van der Waals surface area contributed by atoms with Gasteiger partial charge in [-0.05, 0) is 33.2 Å². The molecule has 7 nitrogen and oxygen atoms in total. The van der Waals surface area contributed by atoms with E-state index < -0.39 is 0 Å². The Balaban J connectivity index is 1.66. The first kappa shape index (κ1) is 17.0. The summed E-state index contributed by atoms with van der Waals surface area (Å²) < 4.78 is 1.97. The lowest BCUT2D eigenvalue weighted by Gasteiger charge is -2.35. The van der Waals surface area contributed by atoms with Crippen molar-refractivity contribution < 1.29 is 4.79 Å². The van der Waals surface area contributed by atoms with E-state index in [1.807, 2.05) is 23.9 Å². The highest BCUT2D eigenvalue weighted by Gasteiger charge is 2.27. The minimum atomic E-state index is 0.0864.